The molecule has 14 heteroatoms. The van der Waals surface area contributed by atoms with Crippen molar-refractivity contribution in [1.29, 1.82) is 0 Å². The van der Waals surface area contributed by atoms with Crippen LogP contribution in [0.4, 0.5) is 22.0 Å². The van der Waals surface area contributed by atoms with Gasteiger partial charge in [0.25, 0.3) is 11.6 Å². The number of halogens is 2. The number of nitrogens with one attached hydrogen (secondary N) is 2. The molecule has 0 saturated carbocycles. The number of hydrogen-bond acceptors (Lipinski definition) is 9. The van der Waals surface area contributed by atoms with Gasteiger partial charge in [0.1, 0.15) is 11.5 Å². The average molecular weight is 544 g/mol. The van der Waals surface area contributed by atoms with Gasteiger partial charge in [0, 0.05) is 49.9 Å². The number of likely N-dealkylation sites (N-methyl/N-ethyl adjacent to an activating group) is 1. The number of hydrogen-bond donors (Lipinski definition) is 2. The Labute approximate surface area is 221 Å². The maximum atomic E-state index is 13.1. The quantitative estimate of drug-likeness (QED) is 0.430. The summed E-state index contributed by atoms with van der Waals surface area (Å²) in [5, 5.41) is 22.2. The third-order valence-electron chi connectivity index (χ3n) is 6.23. The van der Waals surface area contributed by atoms with Crippen molar-refractivity contribution < 1.29 is 19.2 Å². The van der Waals surface area contributed by atoms with Crippen LogP contribution in [-0.2, 0) is 16.8 Å². The predicted molar refractivity (Wildman–Crippen MR) is 140 cm³/mol. The molecule has 3 heterocycles. The molecule has 1 aromatic heterocycles. The molecule has 1 saturated heterocycles. The van der Waals surface area contributed by atoms with Gasteiger partial charge in [0.05, 0.1) is 22.8 Å². The Morgan fingerprint density at radius 1 is 1.22 bits per heavy atom. The number of aromatic nitrogens is 2. The van der Waals surface area contributed by atoms with Crippen molar-refractivity contribution >= 4 is 54.0 Å². The van der Waals surface area contributed by atoms with Crippen LogP contribution in [0.3, 0.4) is 0 Å². The van der Waals surface area contributed by atoms with E-state index < -0.39 is 22.5 Å². The first-order chi connectivity index (χ1) is 16.1. The molecule has 1 fully saturated rings. The molecule has 2 aliphatic rings. The van der Waals surface area contributed by atoms with E-state index in [0.717, 1.165) is 17.8 Å². The van der Waals surface area contributed by atoms with Crippen molar-refractivity contribution in [1.82, 2.24) is 20.0 Å². The van der Waals surface area contributed by atoms with Crippen LogP contribution in [0.1, 0.15) is 42.4 Å². The van der Waals surface area contributed by atoms with Gasteiger partial charge in [-0.15, -0.1) is 29.5 Å². The van der Waals surface area contributed by atoms with Crippen molar-refractivity contribution in [2.75, 3.05) is 50.1 Å². The fourth-order valence-electron chi connectivity index (χ4n) is 4.26. The summed E-state index contributed by atoms with van der Waals surface area (Å²) < 4.78 is 6.14. The molecule has 36 heavy (non-hydrogen) atoms. The number of carbonyl (C=O) groups is 2. The summed E-state index contributed by atoms with van der Waals surface area (Å²) in [7, 11) is 2.01. The third kappa shape index (κ3) is 5.56. The Kier molecular flexibility index (Phi) is 9.29. The van der Waals surface area contributed by atoms with Gasteiger partial charge in [0.15, 0.2) is 0 Å². The molecule has 198 valence electrons. The fourth-order valence-corrected chi connectivity index (χ4v) is 4.26. The van der Waals surface area contributed by atoms with E-state index >= 15 is 0 Å². The number of nitro benzene ring substituents is 1. The molecule has 4 rings (SSSR count). The van der Waals surface area contributed by atoms with E-state index in [1.807, 2.05) is 25.8 Å². The van der Waals surface area contributed by atoms with E-state index in [-0.39, 0.29) is 48.5 Å². The zero-order valence-corrected chi connectivity index (χ0v) is 22.2. The second kappa shape index (κ2) is 11.4. The minimum atomic E-state index is -0.709. The first kappa shape index (κ1) is 29.3. The second-order valence-corrected chi connectivity index (χ2v) is 8.97. The lowest BCUT2D eigenvalue weighted by atomic mass is 10.0. The van der Waals surface area contributed by atoms with Crippen molar-refractivity contribution in [3.63, 3.8) is 0 Å². The molecule has 0 unspecified atom stereocenters. The molecule has 2 aliphatic heterocycles. The van der Waals surface area contributed by atoms with E-state index in [2.05, 4.69) is 20.6 Å². The van der Waals surface area contributed by atoms with E-state index in [1.165, 1.54) is 6.07 Å². The van der Waals surface area contributed by atoms with Crippen LogP contribution >= 0.6 is 24.8 Å². The summed E-state index contributed by atoms with van der Waals surface area (Å²) in [5.41, 5.74) is 1.28. The molecule has 0 bridgehead atoms. The standard InChI is InChI=1S/C22H29N7O5.2ClH/c1-5-34-21(31)28-19(15-13-23-22(2,3)18(15)25-28)24-20(30)14-6-7-16(17(12-14)29(32)33)27-10-8-26(4)9-11-27;;/h6-7,12,23H,5,8-11,13H2,1-4H3,(H,24,30);2*1H. The molecular weight excluding hydrogens is 513 g/mol. The third-order valence-corrected chi connectivity index (χ3v) is 6.23. The minimum absolute atomic E-state index is 0. The highest BCUT2D eigenvalue weighted by Crippen LogP contribution is 2.35. The van der Waals surface area contributed by atoms with Gasteiger partial charge >= 0.3 is 6.09 Å². The lowest BCUT2D eigenvalue weighted by Gasteiger charge is -2.33. The number of anilines is 2. The van der Waals surface area contributed by atoms with Gasteiger partial charge in [-0.05, 0) is 40.0 Å². The lowest BCUT2D eigenvalue weighted by Crippen LogP contribution is -2.44. The molecule has 2 aromatic rings. The highest BCUT2D eigenvalue weighted by Gasteiger charge is 2.38. The lowest BCUT2D eigenvalue weighted by molar-refractivity contribution is -0.384. The number of nitro groups is 1. The largest absolute Gasteiger partial charge is 0.448 e. The van der Waals surface area contributed by atoms with Crippen LogP contribution in [0.25, 0.3) is 0 Å². The maximum absolute atomic E-state index is 13.1. The summed E-state index contributed by atoms with van der Waals surface area (Å²) in [6.07, 6.45) is -0.709. The van der Waals surface area contributed by atoms with E-state index in [4.69, 9.17) is 4.74 Å². The Balaban J connectivity index is 0.00000228. The number of ether oxygens (including phenoxy) is 1. The molecule has 0 spiro atoms. The molecule has 2 N–H and O–H groups in total. The SMILES string of the molecule is CCOC(=O)n1nc2c(c1NC(=O)c1ccc(N3CCN(C)CC3)c([N+](=O)[O-])c1)CNC2(C)C.Cl.Cl. The zero-order valence-electron chi connectivity index (χ0n) is 20.6. The number of amides is 1. The molecule has 1 aromatic carbocycles. The number of piperazine rings is 1. The smallest absolute Gasteiger partial charge is 0.436 e. The highest BCUT2D eigenvalue weighted by molar-refractivity contribution is 6.06. The molecule has 12 nitrogen and oxygen atoms in total. The van der Waals surface area contributed by atoms with Crippen molar-refractivity contribution in [3.05, 3.63) is 45.1 Å². The summed E-state index contributed by atoms with van der Waals surface area (Å²) in [6.45, 7) is 9.01. The summed E-state index contributed by atoms with van der Waals surface area (Å²) in [4.78, 5) is 41.1. The van der Waals surface area contributed by atoms with Gasteiger partial charge in [-0.2, -0.15) is 5.10 Å². The Bertz CT molecular complexity index is 1150. The van der Waals surface area contributed by atoms with Crippen LogP contribution in [0.15, 0.2) is 18.2 Å². The Hall–Kier alpha value is -2.93. The van der Waals surface area contributed by atoms with Crippen LogP contribution in [0.5, 0.6) is 0 Å². The summed E-state index contributed by atoms with van der Waals surface area (Å²) in [6, 6.07) is 4.44. The summed E-state index contributed by atoms with van der Waals surface area (Å²) in [5.74, 6) is -0.381. The van der Waals surface area contributed by atoms with Crippen LogP contribution < -0.4 is 15.5 Å². The molecule has 0 atom stereocenters. The van der Waals surface area contributed by atoms with Crippen molar-refractivity contribution in [3.8, 4) is 0 Å². The van der Waals surface area contributed by atoms with E-state index in [9.17, 15) is 19.7 Å². The zero-order chi connectivity index (χ0) is 24.6. The monoisotopic (exact) mass is 543 g/mol. The van der Waals surface area contributed by atoms with Crippen molar-refractivity contribution in [2.45, 2.75) is 32.9 Å². The normalized spacial score (nSPS) is 16.4. The number of carbonyl (C=O) groups excluding carboxylic acids is 2. The van der Waals surface area contributed by atoms with Crippen LogP contribution in [0.2, 0.25) is 0 Å². The van der Waals surface area contributed by atoms with Gasteiger partial charge in [-0.3, -0.25) is 14.9 Å². The summed E-state index contributed by atoms with van der Waals surface area (Å²) >= 11 is 0. The molecule has 0 radical (unpaired) electrons. The number of fused-ring (bicyclic) bond motifs is 1. The van der Waals surface area contributed by atoms with Crippen LogP contribution in [-0.4, -0.2) is 71.4 Å². The van der Waals surface area contributed by atoms with E-state index in [1.54, 1.807) is 19.1 Å². The number of benzene rings is 1. The highest BCUT2D eigenvalue weighted by atomic mass is 35.5. The Morgan fingerprint density at radius 3 is 2.50 bits per heavy atom. The fraction of sp³-hybridized carbons (Fsp3) is 0.500. The average Bonchev–Trinajstić information content (AvgIpc) is 3.31. The first-order valence-electron chi connectivity index (χ1n) is 11.2. The topological polar surface area (TPSA) is 135 Å². The van der Waals surface area contributed by atoms with Crippen LogP contribution in [0, 0.1) is 10.1 Å². The molecular formula is C22H31Cl2N7O5. The minimum Gasteiger partial charge on any atom is -0.448 e. The Morgan fingerprint density at radius 2 is 1.89 bits per heavy atom. The number of rotatable bonds is 5. The van der Waals surface area contributed by atoms with Gasteiger partial charge in [-0.1, -0.05) is 0 Å². The first-order valence-corrected chi connectivity index (χ1v) is 11.2. The predicted octanol–water partition coefficient (Wildman–Crippen LogP) is 2.98. The van der Waals surface area contributed by atoms with Gasteiger partial charge < -0.3 is 25.2 Å². The van der Waals surface area contributed by atoms with Gasteiger partial charge in [0.2, 0.25) is 0 Å². The molecule has 1 amide bonds. The maximum Gasteiger partial charge on any atom is 0.436 e. The van der Waals surface area contributed by atoms with E-state index in [0.29, 0.717) is 36.6 Å². The van der Waals surface area contributed by atoms with Gasteiger partial charge in [-0.25, -0.2) is 4.79 Å². The van der Waals surface area contributed by atoms with Crippen molar-refractivity contribution in [2.24, 2.45) is 0 Å². The number of nitrogens with zero attached hydrogens (tertiary/aromatic N) is 5. The second-order valence-electron chi connectivity index (χ2n) is 8.97. The molecule has 0 aliphatic carbocycles.